The number of hydrogen-bond donors (Lipinski definition) is 2. The second-order valence-corrected chi connectivity index (χ2v) is 6.79. The zero-order valence-electron chi connectivity index (χ0n) is 14.0. The smallest absolute Gasteiger partial charge is 0.238 e. The molecular formula is C18H26FN3O2. The van der Waals surface area contributed by atoms with Crippen molar-refractivity contribution in [1.82, 2.24) is 9.80 Å². The Bertz CT molecular complexity index is 544. The lowest BCUT2D eigenvalue weighted by atomic mass is 9.91. The SMILES string of the molecule is O=C(CN1CCN(C2CCCCC2O)CC1)Nc1ccc(F)cc1. The van der Waals surface area contributed by atoms with E-state index in [0.29, 0.717) is 12.2 Å². The van der Waals surface area contributed by atoms with Crippen LogP contribution in [0.15, 0.2) is 24.3 Å². The average Bonchev–Trinajstić information content (AvgIpc) is 2.58. The summed E-state index contributed by atoms with van der Waals surface area (Å²) in [5, 5.41) is 13.0. The summed E-state index contributed by atoms with van der Waals surface area (Å²) in [4.78, 5) is 16.6. The fourth-order valence-corrected chi connectivity index (χ4v) is 3.71. The molecule has 0 aromatic heterocycles. The molecule has 5 nitrogen and oxygen atoms in total. The minimum Gasteiger partial charge on any atom is -0.391 e. The van der Waals surface area contributed by atoms with Gasteiger partial charge in [-0.1, -0.05) is 12.8 Å². The molecule has 1 aromatic carbocycles. The largest absolute Gasteiger partial charge is 0.391 e. The summed E-state index contributed by atoms with van der Waals surface area (Å²) in [6.07, 6.45) is 4.10. The van der Waals surface area contributed by atoms with Crippen molar-refractivity contribution in [1.29, 1.82) is 0 Å². The number of nitrogens with one attached hydrogen (secondary N) is 1. The van der Waals surface area contributed by atoms with Crippen LogP contribution in [-0.4, -0.2) is 65.7 Å². The van der Waals surface area contributed by atoms with Crippen LogP contribution in [-0.2, 0) is 4.79 Å². The Morgan fingerprint density at radius 2 is 1.79 bits per heavy atom. The Kier molecular flexibility index (Phi) is 5.81. The van der Waals surface area contributed by atoms with Gasteiger partial charge in [-0.3, -0.25) is 14.6 Å². The summed E-state index contributed by atoms with van der Waals surface area (Å²) < 4.78 is 12.9. The minimum atomic E-state index is -0.311. The fourth-order valence-electron chi connectivity index (χ4n) is 3.71. The van der Waals surface area contributed by atoms with Gasteiger partial charge in [0.15, 0.2) is 0 Å². The molecule has 1 saturated carbocycles. The van der Waals surface area contributed by atoms with E-state index in [0.717, 1.165) is 45.4 Å². The number of carbonyl (C=O) groups excluding carboxylic acids is 1. The topological polar surface area (TPSA) is 55.8 Å². The number of aliphatic hydroxyl groups is 1. The van der Waals surface area contributed by atoms with Gasteiger partial charge in [-0.15, -0.1) is 0 Å². The Labute approximate surface area is 142 Å². The molecule has 24 heavy (non-hydrogen) atoms. The molecule has 6 heteroatoms. The maximum Gasteiger partial charge on any atom is 0.238 e. The van der Waals surface area contributed by atoms with Gasteiger partial charge >= 0.3 is 0 Å². The van der Waals surface area contributed by atoms with E-state index >= 15 is 0 Å². The van der Waals surface area contributed by atoms with E-state index in [4.69, 9.17) is 0 Å². The third-order valence-electron chi connectivity index (χ3n) is 5.07. The van der Waals surface area contributed by atoms with Crippen molar-refractivity contribution >= 4 is 11.6 Å². The lowest BCUT2D eigenvalue weighted by Gasteiger charge is -2.42. The van der Waals surface area contributed by atoms with Gasteiger partial charge < -0.3 is 10.4 Å². The third-order valence-corrected chi connectivity index (χ3v) is 5.07. The van der Waals surface area contributed by atoms with Crippen LogP contribution in [0.25, 0.3) is 0 Å². The maximum atomic E-state index is 12.9. The first kappa shape index (κ1) is 17.3. The van der Waals surface area contributed by atoms with Crippen molar-refractivity contribution in [2.75, 3.05) is 38.0 Å². The van der Waals surface area contributed by atoms with Gasteiger partial charge in [-0.05, 0) is 37.1 Å². The zero-order valence-corrected chi connectivity index (χ0v) is 14.0. The summed E-state index contributed by atoms with van der Waals surface area (Å²) in [6.45, 7) is 3.80. The number of hydrogen-bond acceptors (Lipinski definition) is 4. The predicted molar refractivity (Wildman–Crippen MR) is 91.3 cm³/mol. The van der Waals surface area contributed by atoms with E-state index in [1.54, 1.807) is 12.1 Å². The number of rotatable bonds is 4. The Morgan fingerprint density at radius 3 is 2.46 bits per heavy atom. The van der Waals surface area contributed by atoms with Crippen molar-refractivity contribution in [3.05, 3.63) is 30.1 Å². The van der Waals surface area contributed by atoms with Crippen LogP contribution in [0.4, 0.5) is 10.1 Å². The van der Waals surface area contributed by atoms with Gasteiger partial charge in [-0.2, -0.15) is 0 Å². The summed E-state index contributed by atoms with van der Waals surface area (Å²) in [5.41, 5.74) is 0.616. The highest BCUT2D eigenvalue weighted by atomic mass is 19.1. The first-order valence-electron chi connectivity index (χ1n) is 8.82. The summed E-state index contributed by atoms with van der Waals surface area (Å²) >= 11 is 0. The van der Waals surface area contributed by atoms with E-state index < -0.39 is 0 Å². The van der Waals surface area contributed by atoms with Crippen LogP contribution in [0.2, 0.25) is 0 Å². The highest BCUT2D eigenvalue weighted by molar-refractivity contribution is 5.92. The van der Waals surface area contributed by atoms with Crippen LogP contribution in [0.3, 0.4) is 0 Å². The summed E-state index contributed by atoms with van der Waals surface area (Å²) in [6, 6.07) is 6.09. The second-order valence-electron chi connectivity index (χ2n) is 6.79. The molecule has 3 rings (SSSR count). The first-order chi connectivity index (χ1) is 11.6. The molecule has 1 amide bonds. The number of nitrogens with zero attached hydrogens (tertiary/aromatic N) is 2. The molecule has 2 aliphatic rings. The van der Waals surface area contributed by atoms with Crippen LogP contribution < -0.4 is 5.32 Å². The fraction of sp³-hybridized carbons (Fsp3) is 0.611. The summed E-state index contributed by atoms with van der Waals surface area (Å²) in [5.74, 6) is -0.387. The molecule has 1 heterocycles. The van der Waals surface area contributed by atoms with Crippen LogP contribution in [0.5, 0.6) is 0 Å². The standard InChI is InChI=1S/C18H26FN3O2/c19-14-5-7-15(8-6-14)20-18(24)13-21-9-11-22(12-10-21)16-3-1-2-4-17(16)23/h5-8,16-17,23H,1-4,9-13H2,(H,20,24). The molecule has 2 N–H and O–H groups in total. The van der Waals surface area contributed by atoms with Crippen molar-refractivity contribution in [3.63, 3.8) is 0 Å². The Balaban J connectivity index is 1.43. The minimum absolute atomic E-state index is 0.0761. The normalized spacial score (nSPS) is 26.2. The van der Waals surface area contributed by atoms with Crippen LogP contribution in [0, 0.1) is 5.82 Å². The monoisotopic (exact) mass is 335 g/mol. The van der Waals surface area contributed by atoms with Crippen LogP contribution >= 0.6 is 0 Å². The van der Waals surface area contributed by atoms with Crippen molar-refractivity contribution < 1.29 is 14.3 Å². The van der Waals surface area contributed by atoms with E-state index in [1.165, 1.54) is 18.6 Å². The van der Waals surface area contributed by atoms with E-state index in [-0.39, 0.29) is 23.9 Å². The Morgan fingerprint density at radius 1 is 1.12 bits per heavy atom. The van der Waals surface area contributed by atoms with Crippen molar-refractivity contribution in [2.24, 2.45) is 0 Å². The molecule has 0 radical (unpaired) electrons. The number of benzene rings is 1. The predicted octanol–water partition coefficient (Wildman–Crippen LogP) is 1.69. The average molecular weight is 335 g/mol. The van der Waals surface area contributed by atoms with Gasteiger partial charge in [0, 0.05) is 37.9 Å². The van der Waals surface area contributed by atoms with Gasteiger partial charge in [0.25, 0.3) is 0 Å². The van der Waals surface area contributed by atoms with E-state index in [2.05, 4.69) is 15.1 Å². The van der Waals surface area contributed by atoms with Crippen molar-refractivity contribution in [3.8, 4) is 0 Å². The second kappa shape index (κ2) is 8.05. The van der Waals surface area contributed by atoms with Gasteiger partial charge in [0.1, 0.15) is 5.82 Å². The number of amides is 1. The zero-order chi connectivity index (χ0) is 16.9. The summed E-state index contributed by atoms with van der Waals surface area (Å²) in [7, 11) is 0. The molecule has 132 valence electrons. The highest BCUT2D eigenvalue weighted by Gasteiger charge is 2.31. The molecule has 2 fully saturated rings. The van der Waals surface area contributed by atoms with E-state index in [1.807, 2.05) is 0 Å². The third kappa shape index (κ3) is 4.53. The lowest BCUT2D eigenvalue weighted by Crippen LogP contribution is -2.55. The number of anilines is 1. The lowest BCUT2D eigenvalue weighted by molar-refractivity contribution is -0.118. The Hall–Kier alpha value is -1.50. The molecule has 2 atom stereocenters. The number of halogens is 1. The quantitative estimate of drug-likeness (QED) is 0.879. The van der Waals surface area contributed by atoms with Crippen molar-refractivity contribution in [2.45, 2.75) is 37.8 Å². The molecular weight excluding hydrogens is 309 g/mol. The highest BCUT2D eigenvalue weighted by Crippen LogP contribution is 2.24. The molecule has 1 aliphatic heterocycles. The number of aliphatic hydroxyl groups excluding tert-OH is 1. The van der Waals surface area contributed by atoms with Crippen LogP contribution in [0.1, 0.15) is 25.7 Å². The van der Waals surface area contributed by atoms with E-state index in [9.17, 15) is 14.3 Å². The number of piperazine rings is 1. The molecule has 2 unspecified atom stereocenters. The maximum absolute atomic E-state index is 12.9. The molecule has 1 aromatic rings. The molecule has 0 bridgehead atoms. The molecule has 0 spiro atoms. The van der Waals surface area contributed by atoms with Gasteiger partial charge in [-0.25, -0.2) is 4.39 Å². The molecule has 1 saturated heterocycles. The van der Waals surface area contributed by atoms with Gasteiger partial charge in [0.2, 0.25) is 5.91 Å². The molecule has 1 aliphatic carbocycles. The first-order valence-corrected chi connectivity index (χ1v) is 8.82. The number of carbonyl (C=O) groups is 1. The van der Waals surface area contributed by atoms with Gasteiger partial charge in [0.05, 0.1) is 12.6 Å².